The molecule has 11 rings (SSSR count). The molecule has 0 bridgehead atoms. The molecule has 2 aromatic heterocycles. The molecule has 0 fully saturated rings. The second kappa shape index (κ2) is 10.8. The number of thiophene rings is 2. The van der Waals surface area contributed by atoms with Crippen molar-refractivity contribution in [1.82, 2.24) is 0 Å². The monoisotopic (exact) mass is 730 g/mol. The summed E-state index contributed by atoms with van der Waals surface area (Å²) >= 11 is 3.90. The molecule has 2 aliphatic rings. The average molecular weight is 731 g/mol. The Morgan fingerprint density at radius 3 is 1.33 bits per heavy atom. The Labute approximate surface area is 325 Å². The normalized spacial score (nSPS) is 15.2. The largest absolute Gasteiger partial charge is 0.135 e. The van der Waals surface area contributed by atoms with Gasteiger partial charge in [0.2, 0.25) is 0 Å². The van der Waals surface area contributed by atoms with E-state index in [2.05, 4.69) is 176 Å². The number of hydrogen-bond acceptors (Lipinski definition) is 2. The van der Waals surface area contributed by atoms with E-state index >= 15 is 0 Å². The van der Waals surface area contributed by atoms with E-state index in [0.717, 1.165) is 0 Å². The molecule has 0 nitrogen and oxygen atoms in total. The van der Waals surface area contributed by atoms with Gasteiger partial charge in [0.1, 0.15) is 0 Å². The molecule has 2 heteroatoms. The summed E-state index contributed by atoms with van der Waals surface area (Å²) < 4.78 is 2.76. The summed E-state index contributed by atoms with van der Waals surface area (Å²) in [5, 5.41) is 8.07. The zero-order valence-electron chi connectivity index (χ0n) is 31.9. The van der Waals surface area contributed by atoms with E-state index < -0.39 is 0 Å². The predicted molar refractivity (Wildman–Crippen MR) is 237 cm³/mol. The average Bonchev–Trinajstić information content (AvgIpc) is 3.86. The van der Waals surface area contributed by atoms with Crippen molar-refractivity contribution in [2.24, 2.45) is 0 Å². The van der Waals surface area contributed by atoms with Crippen LogP contribution in [0, 0.1) is 0 Å². The van der Waals surface area contributed by atoms with Crippen LogP contribution >= 0.6 is 22.7 Å². The number of hydrogen-bond donors (Lipinski definition) is 0. The molecular formula is C52H42S2. The van der Waals surface area contributed by atoms with Crippen LogP contribution in [0.3, 0.4) is 0 Å². The predicted octanol–water partition coefficient (Wildman–Crippen LogP) is 15.7. The summed E-state index contributed by atoms with van der Waals surface area (Å²) in [6.07, 6.45) is 0. The van der Waals surface area contributed by atoms with Gasteiger partial charge in [-0.05, 0) is 129 Å². The van der Waals surface area contributed by atoms with Gasteiger partial charge in [0.25, 0.3) is 0 Å². The van der Waals surface area contributed by atoms with Gasteiger partial charge in [-0.25, -0.2) is 0 Å². The van der Waals surface area contributed by atoms with Crippen molar-refractivity contribution >= 4 is 64.4 Å². The van der Waals surface area contributed by atoms with Gasteiger partial charge in [-0.15, -0.1) is 22.7 Å². The van der Waals surface area contributed by atoms with E-state index in [4.69, 9.17) is 0 Å². The van der Waals surface area contributed by atoms with E-state index in [0.29, 0.717) is 0 Å². The topological polar surface area (TPSA) is 0 Å². The Hall–Kier alpha value is -5.02. The van der Waals surface area contributed by atoms with Crippen LogP contribution in [0.1, 0.15) is 76.3 Å². The lowest BCUT2D eigenvalue weighted by Crippen LogP contribution is -2.15. The SMILES string of the molecule is CC(C)(C)c1ccc2c(-c3ccc4c(c3)C(C)(C)c3c-4sc4ccccc34)c3ccccc3c(-c3ccc4c(c3)C(C)(C)c3c-4sc4ccccc34)c2c1. The van der Waals surface area contributed by atoms with Crippen LogP contribution in [0.4, 0.5) is 0 Å². The molecule has 7 aromatic carbocycles. The fourth-order valence-electron chi connectivity index (χ4n) is 10.1. The molecule has 0 saturated heterocycles. The van der Waals surface area contributed by atoms with Gasteiger partial charge in [0.05, 0.1) is 0 Å². The molecule has 0 atom stereocenters. The van der Waals surface area contributed by atoms with Gasteiger partial charge >= 0.3 is 0 Å². The Morgan fingerprint density at radius 1 is 0.426 bits per heavy atom. The highest BCUT2D eigenvalue weighted by atomic mass is 32.1. The number of rotatable bonds is 2. The van der Waals surface area contributed by atoms with Crippen LogP contribution < -0.4 is 0 Å². The molecule has 2 aliphatic carbocycles. The third-order valence-electron chi connectivity index (χ3n) is 12.8. The molecule has 54 heavy (non-hydrogen) atoms. The molecule has 0 spiro atoms. The van der Waals surface area contributed by atoms with Crippen molar-refractivity contribution in [3.05, 3.63) is 155 Å². The van der Waals surface area contributed by atoms with Crippen molar-refractivity contribution in [1.29, 1.82) is 0 Å². The quantitative estimate of drug-likeness (QED) is 0.155. The van der Waals surface area contributed by atoms with Crippen LogP contribution in [-0.2, 0) is 16.2 Å². The second-order valence-corrected chi connectivity index (χ2v) is 19.8. The van der Waals surface area contributed by atoms with Gasteiger partial charge < -0.3 is 0 Å². The zero-order valence-corrected chi connectivity index (χ0v) is 33.6. The van der Waals surface area contributed by atoms with Crippen LogP contribution in [0.2, 0.25) is 0 Å². The maximum absolute atomic E-state index is 2.53. The van der Waals surface area contributed by atoms with Crippen LogP contribution in [0.15, 0.2) is 127 Å². The second-order valence-electron chi connectivity index (χ2n) is 17.7. The summed E-state index contributed by atoms with van der Waals surface area (Å²) in [5.74, 6) is 0. The molecule has 0 saturated carbocycles. The number of fused-ring (bicyclic) bond motifs is 12. The minimum Gasteiger partial charge on any atom is -0.135 e. The summed E-state index contributed by atoms with van der Waals surface area (Å²) in [6.45, 7) is 16.7. The summed E-state index contributed by atoms with van der Waals surface area (Å²) in [6, 6.07) is 49.0. The molecule has 2 heterocycles. The summed E-state index contributed by atoms with van der Waals surface area (Å²) in [4.78, 5) is 2.87. The Bertz CT molecular complexity index is 3080. The van der Waals surface area contributed by atoms with Crippen LogP contribution in [-0.4, -0.2) is 0 Å². The molecule has 0 amide bonds. The highest BCUT2D eigenvalue weighted by Crippen LogP contribution is 2.58. The standard InChI is InChI=1S/C52H42S2/c1-50(2,3)31-22-25-34-39(28-31)45(30-21-24-36-41(27-30)52(6,7)47-38-17-11-13-19-43(38)54-49(36)47)33-15-9-8-14-32(33)44(34)29-20-23-35-40(26-29)51(4,5)46-37-16-10-12-18-42(37)53-48(35)46/h8-28H,1-7H3. The highest BCUT2D eigenvalue weighted by Gasteiger charge is 2.40. The van der Waals surface area contributed by atoms with Crippen molar-refractivity contribution in [2.45, 2.75) is 64.7 Å². The fraction of sp³-hybridized carbons (Fsp3) is 0.192. The first-order chi connectivity index (χ1) is 25.9. The summed E-state index contributed by atoms with van der Waals surface area (Å²) in [7, 11) is 0. The zero-order chi connectivity index (χ0) is 36.9. The van der Waals surface area contributed by atoms with Crippen molar-refractivity contribution in [3.63, 3.8) is 0 Å². The van der Waals surface area contributed by atoms with Gasteiger partial charge in [0, 0.05) is 30.0 Å². The van der Waals surface area contributed by atoms with Crippen LogP contribution in [0.5, 0.6) is 0 Å². The van der Waals surface area contributed by atoms with E-state index in [-0.39, 0.29) is 16.2 Å². The molecule has 0 unspecified atom stereocenters. The van der Waals surface area contributed by atoms with Crippen LogP contribution in [0.25, 0.3) is 84.9 Å². The molecule has 262 valence electrons. The molecular weight excluding hydrogens is 689 g/mol. The first kappa shape index (κ1) is 32.4. The maximum Gasteiger partial charge on any atom is 0.0399 e. The van der Waals surface area contributed by atoms with Gasteiger partial charge in [0.15, 0.2) is 0 Å². The first-order valence-electron chi connectivity index (χ1n) is 19.3. The van der Waals surface area contributed by atoms with Crippen molar-refractivity contribution < 1.29 is 0 Å². The Morgan fingerprint density at radius 2 is 0.852 bits per heavy atom. The third-order valence-corrected chi connectivity index (χ3v) is 15.2. The molecule has 0 radical (unpaired) electrons. The maximum atomic E-state index is 2.53. The third kappa shape index (κ3) is 4.24. The van der Waals surface area contributed by atoms with Gasteiger partial charge in [-0.1, -0.05) is 146 Å². The Kier molecular flexibility index (Phi) is 6.49. The summed E-state index contributed by atoms with van der Waals surface area (Å²) in [5.41, 5.74) is 15.1. The lowest BCUT2D eigenvalue weighted by molar-refractivity contribution is 0.591. The van der Waals surface area contributed by atoms with E-state index in [1.807, 2.05) is 22.7 Å². The highest BCUT2D eigenvalue weighted by molar-refractivity contribution is 7.23. The van der Waals surface area contributed by atoms with E-state index in [1.165, 1.54) is 113 Å². The molecule has 9 aromatic rings. The van der Waals surface area contributed by atoms with Crippen molar-refractivity contribution in [2.75, 3.05) is 0 Å². The van der Waals surface area contributed by atoms with Crippen molar-refractivity contribution in [3.8, 4) is 43.1 Å². The lowest BCUT2D eigenvalue weighted by Gasteiger charge is -2.25. The number of benzene rings is 7. The molecule has 0 N–H and O–H groups in total. The van der Waals surface area contributed by atoms with E-state index in [9.17, 15) is 0 Å². The van der Waals surface area contributed by atoms with Gasteiger partial charge in [-0.3, -0.25) is 0 Å². The minimum absolute atomic E-state index is 0.0182. The Balaban J connectivity index is 1.17. The van der Waals surface area contributed by atoms with E-state index in [1.54, 1.807) is 0 Å². The lowest BCUT2D eigenvalue weighted by atomic mass is 9.78. The minimum atomic E-state index is -0.0905. The molecule has 0 aliphatic heterocycles. The smallest absolute Gasteiger partial charge is 0.0399 e. The first-order valence-corrected chi connectivity index (χ1v) is 20.9. The van der Waals surface area contributed by atoms with Gasteiger partial charge in [-0.2, -0.15) is 0 Å². The fourth-order valence-corrected chi connectivity index (χ4v) is 12.9.